The zero-order valence-corrected chi connectivity index (χ0v) is 12.0. The predicted octanol–water partition coefficient (Wildman–Crippen LogP) is 3.30. The Morgan fingerprint density at radius 2 is 2.00 bits per heavy atom. The van der Waals surface area contributed by atoms with Gasteiger partial charge in [-0.25, -0.2) is 4.79 Å². The monoisotopic (exact) mass is 373 g/mol. The predicted molar refractivity (Wildman–Crippen MR) is 78.4 cm³/mol. The molecule has 1 amide bonds. The number of thiophene rings is 1. The third-order valence-electron chi connectivity index (χ3n) is 2.24. The van der Waals surface area contributed by atoms with E-state index in [1.165, 1.54) is 17.4 Å². The van der Waals surface area contributed by atoms with Crippen LogP contribution in [0.5, 0.6) is 0 Å². The number of anilines is 1. The van der Waals surface area contributed by atoms with Crippen LogP contribution in [0.1, 0.15) is 20.7 Å². The van der Waals surface area contributed by atoms with Gasteiger partial charge in [0.05, 0.1) is 19.7 Å². The van der Waals surface area contributed by atoms with E-state index in [9.17, 15) is 9.59 Å². The van der Waals surface area contributed by atoms with Crippen molar-refractivity contribution in [2.75, 3.05) is 5.32 Å². The van der Waals surface area contributed by atoms with Crippen LogP contribution in [0.2, 0.25) is 0 Å². The number of rotatable bonds is 3. The Morgan fingerprint density at radius 1 is 1.28 bits per heavy atom. The van der Waals surface area contributed by atoms with E-state index in [0.717, 1.165) is 2.88 Å². The number of carboxylic acid groups (broad SMARTS) is 1. The Hall–Kier alpha value is -1.41. The van der Waals surface area contributed by atoms with Gasteiger partial charge < -0.3 is 10.4 Å². The molecule has 0 saturated carbocycles. The van der Waals surface area contributed by atoms with Crippen molar-refractivity contribution in [2.45, 2.75) is 0 Å². The second kappa shape index (κ2) is 5.49. The zero-order chi connectivity index (χ0) is 13.1. The highest BCUT2D eigenvalue weighted by molar-refractivity contribution is 14.1. The Morgan fingerprint density at radius 3 is 2.61 bits per heavy atom. The SMILES string of the molecule is O=C(Nc1ccccc1C(=O)O)c1csc(I)c1. The first-order valence-corrected chi connectivity index (χ1v) is 6.91. The maximum atomic E-state index is 11.9. The van der Waals surface area contributed by atoms with Crippen molar-refractivity contribution in [2.24, 2.45) is 0 Å². The molecular formula is C12H8INO3S. The van der Waals surface area contributed by atoms with E-state index in [4.69, 9.17) is 5.11 Å². The minimum Gasteiger partial charge on any atom is -0.478 e. The number of nitrogens with one attached hydrogen (secondary N) is 1. The summed E-state index contributed by atoms with van der Waals surface area (Å²) in [6.07, 6.45) is 0. The van der Waals surface area contributed by atoms with Crippen molar-refractivity contribution in [3.05, 3.63) is 49.7 Å². The van der Waals surface area contributed by atoms with Gasteiger partial charge in [0.25, 0.3) is 5.91 Å². The number of halogens is 1. The van der Waals surface area contributed by atoms with E-state index in [2.05, 4.69) is 27.9 Å². The second-order valence-electron chi connectivity index (χ2n) is 3.44. The summed E-state index contributed by atoms with van der Waals surface area (Å²) in [4.78, 5) is 22.9. The van der Waals surface area contributed by atoms with Crippen molar-refractivity contribution in [3.8, 4) is 0 Å². The number of carboxylic acids is 1. The fraction of sp³-hybridized carbons (Fsp3) is 0. The smallest absolute Gasteiger partial charge is 0.337 e. The van der Waals surface area contributed by atoms with Crippen LogP contribution in [-0.2, 0) is 0 Å². The second-order valence-corrected chi connectivity index (χ2v) is 6.25. The molecule has 0 atom stereocenters. The van der Waals surface area contributed by atoms with Crippen LogP contribution in [-0.4, -0.2) is 17.0 Å². The average Bonchev–Trinajstić information content (AvgIpc) is 2.76. The summed E-state index contributed by atoms with van der Waals surface area (Å²) in [6.45, 7) is 0. The summed E-state index contributed by atoms with van der Waals surface area (Å²) in [5, 5.41) is 13.3. The van der Waals surface area contributed by atoms with Crippen LogP contribution < -0.4 is 5.32 Å². The Bertz CT molecular complexity index is 609. The molecule has 18 heavy (non-hydrogen) atoms. The summed E-state index contributed by atoms with van der Waals surface area (Å²) in [5.74, 6) is -1.37. The number of para-hydroxylation sites is 1. The Kier molecular flexibility index (Phi) is 3.97. The van der Waals surface area contributed by atoms with Crippen molar-refractivity contribution < 1.29 is 14.7 Å². The fourth-order valence-electron chi connectivity index (χ4n) is 1.40. The summed E-state index contributed by atoms with van der Waals surface area (Å²) < 4.78 is 1.00. The van der Waals surface area contributed by atoms with Crippen LogP contribution in [0.3, 0.4) is 0 Å². The summed E-state index contributed by atoms with van der Waals surface area (Å²) in [7, 11) is 0. The molecule has 2 rings (SSSR count). The topological polar surface area (TPSA) is 66.4 Å². The van der Waals surface area contributed by atoms with Crippen molar-refractivity contribution in [1.29, 1.82) is 0 Å². The molecule has 0 bridgehead atoms. The first kappa shape index (κ1) is 13.0. The number of benzene rings is 1. The van der Waals surface area contributed by atoms with Crippen molar-refractivity contribution >= 4 is 51.5 Å². The molecule has 1 aromatic heterocycles. The molecular weight excluding hydrogens is 365 g/mol. The lowest BCUT2D eigenvalue weighted by Gasteiger charge is -2.06. The molecule has 0 unspecified atom stereocenters. The van der Waals surface area contributed by atoms with E-state index in [1.807, 2.05) is 0 Å². The highest BCUT2D eigenvalue weighted by Crippen LogP contribution is 2.20. The molecule has 1 heterocycles. The van der Waals surface area contributed by atoms with Gasteiger partial charge in [-0.3, -0.25) is 4.79 Å². The van der Waals surface area contributed by atoms with Gasteiger partial charge in [-0.05, 0) is 40.8 Å². The molecule has 0 radical (unpaired) electrons. The van der Waals surface area contributed by atoms with Gasteiger partial charge in [-0.1, -0.05) is 12.1 Å². The van der Waals surface area contributed by atoms with Gasteiger partial charge in [-0.15, -0.1) is 11.3 Å². The number of carbonyl (C=O) groups is 2. The molecule has 0 spiro atoms. The fourth-order valence-corrected chi connectivity index (χ4v) is 2.73. The molecule has 0 fully saturated rings. The zero-order valence-electron chi connectivity index (χ0n) is 9.01. The lowest BCUT2D eigenvalue weighted by molar-refractivity contribution is 0.0698. The van der Waals surface area contributed by atoms with E-state index < -0.39 is 5.97 Å². The summed E-state index contributed by atoms with van der Waals surface area (Å²) >= 11 is 3.59. The van der Waals surface area contributed by atoms with Crippen LogP contribution in [0.15, 0.2) is 35.7 Å². The molecule has 2 N–H and O–H groups in total. The van der Waals surface area contributed by atoms with Gasteiger partial charge in [0, 0.05) is 5.38 Å². The maximum Gasteiger partial charge on any atom is 0.337 e. The molecule has 6 heteroatoms. The molecule has 0 aliphatic carbocycles. The van der Waals surface area contributed by atoms with Crippen LogP contribution in [0.25, 0.3) is 0 Å². The molecule has 0 saturated heterocycles. The average molecular weight is 373 g/mol. The van der Waals surface area contributed by atoms with E-state index in [0.29, 0.717) is 11.3 Å². The third kappa shape index (κ3) is 2.88. The molecule has 0 aliphatic rings. The molecule has 4 nitrogen and oxygen atoms in total. The standard InChI is InChI=1S/C12H8INO3S/c13-10-5-7(6-18-10)11(15)14-9-4-2-1-3-8(9)12(16)17/h1-6H,(H,14,15)(H,16,17). The van der Waals surface area contributed by atoms with E-state index >= 15 is 0 Å². The number of hydrogen-bond donors (Lipinski definition) is 2. The van der Waals surface area contributed by atoms with Gasteiger partial charge in [0.1, 0.15) is 0 Å². The van der Waals surface area contributed by atoms with Crippen LogP contribution >= 0.6 is 33.9 Å². The minimum atomic E-state index is -1.06. The molecule has 1 aromatic carbocycles. The highest BCUT2D eigenvalue weighted by atomic mass is 127. The van der Waals surface area contributed by atoms with E-state index in [-0.39, 0.29) is 11.5 Å². The van der Waals surface area contributed by atoms with Gasteiger partial charge in [-0.2, -0.15) is 0 Å². The quantitative estimate of drug-likeness (QED) is 0.812. The van der Waals surface area contributed by atoms with Crippen LogP contribution in [0.4, 0.5) is 5.69 Å². The molecule has 0 aliphatic heterocycles. The lowest BCUT2D eigenvalue weighted by Crippen LogP contribution is -2.13. The number of carbonyl (C=O) groups excluding carboxylic acids is 1. The van der Waals surface area contributed by atoms with Crippen molar-refractivity contribution in [1.82, 2.24) is 0 Å². The first-order valence-electron chi connectivity index (χ1n) is 4.95. The number of hydrogen-bond acceptors (Lipinski definition) is 3. The summed E-state index contributed by atoms with van der Waals surface area (Å²) in [5.41, 5.74) is 0.913. The maximum absolute atomic E-state index is 11.9. The summed E-state index contributed by atoms with van der Waals surface area (Å²) in [6, 6.07) is 8.07. The van der Waals surface area contributed by atoms with Crippen LogP contribution in [0, 0.1) is 2.88 Å². The lowest BCUT2D eigenvalue weighted by atomic mass is 10.1. The van der Waals surface area contributed by atoms with Gasteiger partial charge >= 0.3 is 5.97 Å². The highest BCUT2D eigenvalue weighted by Gasteiger charge is 2.13. The number of aromatic carboxylic acids is 1. The number of amides is 1. The first-order chi connectivity index (χ1) is 8.58. The normalized spacial score (nSPS) is 10.1. The Balaban J connectivity index is 2.24. The van der Waals surface area contributed by atoms with Crippen molar-refractivity contribution in [3.63, 3.8) is 0 Å². The Labute approximate surface area is 121 Å². The minimum absolute atomic E-state index is 0.0794. The largest absolute Gasteiger partial charge is 0.478 e. The molecule has 92 valence electrons. The van der Waals surface area contributed by atoms with E-state index in [1.54, 1.807) is 29.6 Å². The molecule has 2 aromatic rings. The van der Waals surface area contributed by atoms with Gasteiger partial charge in [0.2, 0.25) is 0 Å². The third-order valence-corrected chi connectivity index (χ3v) is 4.02. The van der Waals surface area contributed by atoms with Gasteiger partial charge in [0.15, 0.2) is 0 Å².